The molecule has 0 amide bonds. The Balaban J connectivity index is 1.59. The minimum absolute atomic E-state index is 0.0651. The van der Waals surface area contributed by atoms with Crippen molar-refractivity contribution >= 4 is 0 Å². The van der Waals surface area contributed by atoms with Crippen molar-refractivity contribution in [3.63, 3.8) is 0 Å². The van der Waals surface area contributed by atoms with Crippen LogP contribution in [0.4, 0.5) is 0 Å². The minimum Gasteiger partial charge on any atom is -0.490 e. The van der Waals surface area contributed by atoms with Crippen LogP contribution >= 0.6 is 0 Å². The molecule has 4 rings (SSSR count). The van der Waals surface area contributed by atoms with Gasteiger partial charge in [0.2, 0.25) is 11.8 Å². The van der Waals surface area contributed by atoms with Gasteiger partial charge in [0.05, 0.1) is 25.7 Å². The lowest BCUT2D eigenvalue weighted by Crippen LogP contribution is -2.38. The summed E-state index contributed by atoms with van der Waals surface area (Å²) in [5.74, 6) is 1.37. The molecule has 2 aliphatic rings. The molecule has 0 bridgehead atoms. The van der Waals surface area contributed by atoms with Crippen molar-refractivity contribution < 1.29 is 18.9 Å². The van der Waals surface area contributed by atoms with Gasteiger partial charge in [-0.15, -0.1) is 5.10 Å². The van der Waals surface area contributed by atoms with Crippen LogP contribution in [0, 0.1) is 18.3 Å². The first-order valence-electron chi connectivity index (χ1n) is 10.4. The molecule has 3 N–H and O–H groups in total. The van der Waals surface area contributed by atoms with Gasteiger partial charge in [-0.1, -0.05) is 6.07 Å². The van der Waals surface area contributed by atoms with E-state index in [1.54, 1.807) is 0 Å². The van der Waals surface area contributed by atoms with Crippen LogP contribution in [0.1, 0.15) is 29.7 Å². The molecule has 1 atom stereocenters. The Morgan fingerprint density at radius 3 is 2.84 bits per heavy atom. The van der Waals surface area contributed by atoms with Crippen LogP contribution < -0.4 is 19.9 Å². The molecule has 0 unspecified atom stereocenters. The third-order valence-electron chi connectivity index (χ3n) is 5.50. The first kappa shape index (κ1) is 21.0. The van der Waals surface area contributed by atoms with Crippen molar-refractivity contribution in [2.45, 2.75) is 19.8 Å². The molecule has 0 aliphatic carbocycles. The largest absolute Gasteiger partial charge is 0.490 e. The van der Waals surface area contributed by atoms with Crippen LogP contribution in [-0.2, 0) is 4.74 Å². The highest BCUT2D eigenvalue weighted by Crippen LogP contribution is 2.44. The summed E-state index contributed by atoms with van der Waals surface area (Å²) in [6.07, 6.45) is 0. The first-order chi connectivity index (χ1) is 15.1. The average molecular weight is 425 g/mol. The number of H-pyrrole nitrogens is 1. The summed E-state index contributed by atoms with van der Waals surface area (Å²) < 4.78 is 22.8. The molecule has 0 spiro atoms. The van der Waals surface area contributed by atoms with Gasteiger partial charge in [0, 0.05) is 30.9 Å². The summed E-state index contributed by atoms with van der Waals surface area (Å²) in [5, 5.41) is 16.8. The molecule has 2 aromatic rings. The van der Waals surface area contributed by atoms with E-state index in [9.17, 15) is 5.26 Å². The smallest absolute Gasteiger partial charge is 0.244 e. The van der Waals surface area contributed by atoms with E-state index in [2.05, 4.69) is 21.2 Å². The second-order valence-corrected chi connectivity index (χ2v) is 7.43. The number of rotatable bonds is 7. The highest BCUT2D eigenvalue weighted by atomic mass is 16.5. The van der Waals surface area contributed by atoms with Crippen molar-refractivity contribution in [1.29, 1.82) is 5.26 Å². The van der Waals surface area contributed by atoms with Crippen LogP contribution in [-0.4, -0.2) is 61.2 Å². The van der Waals surface area contributed by atoms with Crippen molar-refractivity contribution in [3.05, 3.63) is 46.5 Å². The summed E-state index contributed by atoms with van der Waals surface area (Å²) in [7, 11) is 0. The van der Waals surface area contributed by atoms with E-state index in [-0.39, 0.29) is 5.88 Å². The fourth-order valence-corrected chi connectivity index (χ4v) is 3.93. The second-order valence-electron chi connectivity index (χ2n) is 7.43. The zero-order chi connectivity index (χ0) is 21.8. The molecule has 9 heteroatoms. The Hall–Kier alpha value is -3.22. The lowest BCUT2D eigenvalue weighted by molar-refractivity contribution is 0.0321. The molecular formula is C22H27N5O4. The maximum atomic E-state index is 9.75. The predicted molar refractivity (Wildman–Crippen MR) is 113 cm³/mol. The van der Waals surface area contributed by atoms with Gasteiger partial charge < -0.3 is 24.7 Å². The molecule has 0 radical (unpaired) electrons. The van der Waals surface area contributed by atoms with Crippen LogP contribution in [0.15, 0.2) is 29.7 Å². The molecule has 0 saturated carbocycles. The lowest BCUT2D eigenvalue weighted by Gasteiger charge is -2.27. The summed E-state index contributed by atoms with van der Waals surface area (Å²) in [4.78, 5) is 2.32. The third-order valence-corrected chi connectivity index (χ3v) is 5.50. The molecule has 31 heavy (non-hydrogen) atoms. The molecule has 2 aliphatic heterocycles. The second kappa shape index (κ2) is 9.29. The first-order valence-corrected chi connectivity index (χ1v) is 10.4. The van der Waals surface area contributed by atoms with Crippen molar-refractivity contribution in [2.24, 2.45) is 5.73 Å². The lowest BCUT2D eigenvalue weighted by atomic mass is 9.84. The third kappa shape index (κ3) is 4.31. The van der Waals surface area contributed by atoms with Gasteiger partial charge in [-0.25, -0.2) is 0 Å². The van der Waals surface area contributed by atoms with E-state index in [1.807, 2.05) is 32.0 Å². The maximum absolute atomic E-state index is 9.75. The summed E-state index contributed by atoms with van der Waals surface area (Å²) in [6, 6.07) is 7.92. The standard InChI is InChI=1S/C22H27N5O4/c1-3-29-18-12-15(4-5-17(18)30-11-8-27-6-9-28-10-7-27)20-16(13-23)21(24)31-22-19(20)14(2)25-26-22/h4-5,12,20H,3,6-11,24H2,1-2H3,(H,25,26)/t20-/m0/s1. The van der Waals surface area contributed by atoms with Crippen LogP contribution in [0.25, 0.3) is 0 Å². The number of benzene rings is 1. The number of fused-ring (bicyclic) bond motifs is 1. The van der Waals surface area contributed by atoms with Gasteiger partial charge in [0.15, 0.2) is 11.5 Å². The van der Waals surface area contributed by atoms with Crippen LogP contribution in [0.3, 0.4) is 0 Å². The van der Waals surface area contributed by atoms with Gasteiger partial charge >= 0.3 is 0 Å². The molecule has 1 aromatic carbocycles. The number of allylic oxidation sites excluding steroid dienone is 1. The number of aromatic amines is 1. The molecule has 1 aromatic heterocycles. The molecule has 3 heterocycles. The van der Waals surface area contributed by atoms with Gasteiger partial charge in [-0.3, -0.25) is 10.00 Å². The zero-order valence-corrected chi connectivity index (χ0v) is 17.8. The van der Waals surface area contributed by atoms with E-state index < -0.39 is 5.92 Å². The van der Waals surface area contributed by atoms with Crippen molar-refractivity contribution in [1.82, 2.24) is 15.1 Å². The van der Waals surface area contributed by atoms with E-state index >= 15 is 0 Å². The Labute approximate surface area is 181 Å². The number of nitrogens with one attached hydrogen (secondary N) is 1. The number of nitrogens with zero attached hydrogens (tertiary/aromatic N) is 3. The van der Waals surface area contributed by atoms with E-state index in [4.69, 9.17) is 24.7 Å². The normalized spacial score (nSPS) is 18.8. The van der Waals surface area contributed by atoms with E-state index in [1.165, 1.54) is 0 Å². The van der Waals surface area contributed by atoms with Gasteiger partial charge in [0.1, 0.15) is 18.2 Å². The zero-order valence-electron chi connectivity index (χ0n) is 17.8. The number of nitriles is 1. The monoisotopic (exact) mass is 425 g/mol. The Morgan fingerprint density at radius 1 is 1.29 bits per heavy atom. The molecule has 164 valence electrons. The highest BCUT2D eigenvalue weighted by Gasteiger charge is 2.34. The number of aryl methyl sites for hydroxylation is 1. The van der Waals surface area contributed by atoms with Gasteiger partial charge in [0.25, 0.3) is 0 Å². The van der Waals surface area contributed by atoms with Gasteiger partial charge in [-0.2, -0.15) is 5.26 Å². The Bertz CT molecular complexity index is 1000. The number of aromatic nitrogens is 2. The fourth-order valence-electron chi connectivity index (χ4n) is 3.93. The van der Waals surface area contributed by atoms with E-state index in [0.717, 1.165) is 49.7 Å². The Kier molecular flexibility index (Phi) is 6.30. The minimum atomic E-state index is -0.394. The number of nitrogens with two attached hydrogens (primary N) is 1. The molecule has 1 fully saturated rings. The SMILES string of the molecule is CCOc1cc([C@H]2C(C#N)=C(N)Oc3n[nH]c(C)c32)ccc1OCCN1CCOCC1. The fraction of sp³-hybridized carbons (Fsp3) is 0.455. The average Bonchev–Trinajstić information content (AvgIpc) is 3.14. The predicted octanol–water partition coefficient (Wildman–Crippen LogP) is 2.05. The molecule has 9 nitrogen and oxygen atoms in total. The number of hydrogen-bond acceptors (Lipinski definition) is 8. The quantitative estimate of drug-likeness (QED) is 0.692. The highest BCUT2D eigenvalue weighted by molar-refractivity contribution is 5.57. The van der Waals surface area contributed by atoms with Crippen molar-refractivity contribution in [2.75, 3.05) is 46.1 Å². The van der Waals surface area contributed by atoms with E-state index in [0.29, 0.717) is 36.2 Å². The summed E-state index contributed by atoms with van der Waals surface area (Å²) in [6.45, 7) is 9.05. The van der Waals surface area contributed by atoms with Crippen LogP contribution in [0.2, 0.25) is 0 Å². The topological polar surface area (TPSA) is 119 Å². The van der Waals surface area contributed by atoms with Gasteiger partial charge in [-0.05, 0) is 31.5 Å². The summed E-state index contributed by atoms with van der Waals surface area (Å²) in [5.41, 5.74) is 8.85. The number of ether oxygens (including phenoxy) is 4. The molecule has 1 saturated heterocycles. The number of hydrogen-bond donors (Lipinski definition) is 2. The maximum Gasteiger partial charge on any atom is 0.244 e. The van der Waals surface area contributed by atoms with Crippen LogP contribution in [0.5, 0.6) is 17.4 Å². The van der Waals surface area contributed by atoms with Crippen molar-refractivity contribution in [3.8, 4) is 23.4 Å². The molecular weight excluding hydrogens is 398 g/mol. The summed E-state index contributed by atoms with van der Waals surface area (Å²) >= 11 is 0. The number of morpholine rings is 1. The Morgan fingerprint density at radius 2 is 2.10 bits per heavy atom.